The molecule has 1 saturated heterocycles. The summed E-state index contributed by atoms with van der Waals surface area (Å²) < 4.78 is 0. The number of carbonyl (C=O) groups is 4. The van der Waals surface area contributed by atoms with Crippen LogP contribution in [-0.4, -0.2) is 50.1 Å². The number of thioether (sulfide) groups is 1. The summed E-state index contributed by atoms with van der Waals surface area (Å²) in [5, 5.41) is 18.6. The van der Waals surface area contributed by atoms with Gasteiger partial charge in [0.15, 0.2) is 5.37 Å². The van der Waals surface area contributed by atoms with Crippen molar-refractivity contribution >= 4 is 40.5 Å². The third-order valence-electron chi connectivity index (χ3n) is 2.63. The summed E-state index contributed by atoms with van der Waals surface area (Å²) >= 11 is 0.648. The summed E-state index contributed by atoms with van der Waals surface area (Å²) in [5.41, 5.74) is 0.384. The Bertz CT molecular complexity index is 632. The number of imide groups is 1. The maximum absolute atomic E-state index is 11.9. The molecule has 0 aliphatic carbocycles. The highest BCUT2D eigenvalue weighted by molar-refractivity contribution is 8.15. The lowest BCUT2D eigenvalue weighted by atomic mass is 10.2. The number of rotatable bonds is 5. The van der Waals surface area contributed by atoms with E-state index < -0.39 is 35.0 Å². The molecule has 1 aromatic rings. The fourth-order valence-electron chi connectivity index (χ4n) is 1.71. The maximum atomic E-state index is 11.9. The fraction of sp³-hybridized carbons (Fsp3) is 0.167. The summed E-state index contributed by atoms with van der Waals surface area (Å²) in [7, 11) is 0. The highest BCUT2D eigenvalue weighted by Gasteiger charge is 2.40. The Hall–Kier alpha value is -2.55. The van der Waals surface area contributed by atoms with Crippen LogP contribution in [0.5, 0.6) is 0 Å². The summed E-state index contributed by atoms with van der Waals surface area (Å²) in [4.78, 5) is 45.6. The van der Waals surface area contributed by atoms with Gasteiger partial charge >= 0.3 is 11.9 Å². The van der Waals surface area contributed by atoms with Crippen LogP contribution >= 0.6 is 11.8 Å². The van der Waals surface area contributed by atoms with Crippen molar-refractivity contribution in [3.8, 4) is 0 Å². The van der Waals surface area contributed by atoms with E-state index >= 15 is 0 Å². The molecule has 2 amide bonds. The number of aliphatic carboxylic acids is 1. The molecule has 0 saturated carbocycles. The van der Waals surface area contributed by atoms with Gasteiger partial charge in [-0.3, -0.25) is 19.3 Å². The number of hydrogen-bond donors (Lipinski definition) is 3. The van der Waals surface area contributed by atoms with Gasteiger partial charge in [0, 0.05) is 5.69 Å². The van der Waals surface area contributed by atoms with Crippen LogP contribution in [0.4, 0.5) is 10.5 Å². The molecule has 1 aliphatic rings. The van der Waals surface area contributed by atoms with Gasteiger partial charge in [-0.15, -0.1) is 0 Å². The number of carboxylic acids is 2. The zero-order chi connectivity index (χ0) is 15.6. The molecule has 3 N–H and O–H groups in total. The molecule has 1 atom stereocenters. The zero-order valence-corrected chi connectivity index (χ0v) is 11.3. The highest BCUT2D eigenvalue weighted by atomic mass is 32.2. The van der Waals surface area contributed by atoms with E-state index in [1.807, 2.05) is 0 Å². The minimum atomic E-state index is -1.29. The highest BCUT2D eigenvalue weighted by Crippen LogP contribution is 2.28. The second-order valence-electron chi connectivity index (χ2n) is 4.11. The molecule has 110 valence electrons. The van der Waals surface area contributed by atoms with E-state index in [9.17, 15) is 19.2 Å². The average molecular weight is 310 g/mol. The maximum Gasteiger partial charge on any atom is 0.335 e. The SMILES string of the molecule is O=C(O)CN1C(=O)SC(Nc2cccc(C(=O)O)c2)C1=O. The number of aromatic carboxylic acids is 1. The van der Waals surface area contributed by atoms with Crippen molar-refractivity contribution in [2.45, 2.75) is 5.37 Å². The number of carboxylic acid groups (broad SMARTS) is 2. The van der Waals surface area contributed by atoms with Crippen molar-refractivity contribution < 1.29 is 29.4 Å². The first-order valence-electron chi connectivity index (χ1n) is 5.72. The van der Waals surface area contributed by atoms with Crippen LogP contribution in [0.2, 0.25) is 0 Å². The number of nitrogens with zero attached hydrogens (tertiary/aromatic N) is 1. The van der Waals surface area contributed by atoms with Gasteiger partial charge in [0.2, 0.25) is 0 Å². The van der Waals surface area contributed by atoms with Gasteiger partial charge < -0.3 is 15.5 Å². The van der Waals surface area contributed by atoms with Crippen molar-refractivity contribution in [3.05, 3.63) is 29.8 Å². The molecule has 0 aromatic heterocycles. The van der Waals surface area contributed by atoms with Crippen LogP contribution in [-0.2, 0) is 9.59 Å². The van der Waals surface area contributed by atoms with Crippen molar-refractivity contribution in [2.24, 2.45) is 0 Å². The minimum absolute atomic E-state index is 0.0316. The second kappa shape index (κ2) is 5.83. The van der Waals surface area contributed by atoms with Crippen molar-refractivity contribution in [1.29, 1.82) is 0 Å². The van der Waals surface area contributed by atoms with Gasteiger partial charge in [-0.25, -0.2) is 4.79 Å². The van der Waals surface area contributed by atoms with E-state index in [2.05, 4.69) is 5.32 Å². The Morgan fingerprint density at radius 3 is 2.62 bits per heavy atom. The van der Waals surface area contributed by atoms with E-state index in [1.165, 1.54) is 18.2 Å². The van der Waals surface area contributed by atoms with Gasteiger partial charge in [0.25, 0.3) is 11.1 Å². The van der Waals surface area contributed by atoms with Crippen molar-refractivity contribution in [1.82, 2.24) is 4.90 Å². The van der Waals surface area contributed by atoms with E-state index in [1.54, 1.807) is 6.07 Å². The average Bonchev–Trinajstić information content (AvgIpc) is 2.66. The Kier molecular flexibility index (Phi) is 4.13. The number of benzene rings is 1. The summed E-state index contributed by atoms with van der Waals surface area (Å²) in [6, 6.07) is 5.75. The number of anilines is 1. The standard InChI is InChI=1S/C12H10N2O6S/c15-8(16)5-14-10(17)9(21-12(14)20)13-7-3-1-2-6(4-7)11(18)19/h1-4,9,13H,5H2,(H,15,16)(H,18,19). The van der Waals surface area contributed by atoms with Gasteiger partial charge in [-0.05, 0) is 30.0 Å². The molecule has 9 heteroatoms. The predicted molar refractivity (Wildman–Crippen MR) is 73.1 cm³/mol. The molecular weight excluding hydrogens is 300 g/mol. The fourth-order valence-corrected chi connectivity index (χ4v) is 2.62. The van der Waals surface area contributed by atoms with Crippen LogP contribution in [0.15, 0.2) is 24.3 Å². The van der Waals surface area contributed by atoms with Gasteiger partial charge in [0.1, 0.15) is 6.54 Å². The number of nitrogens with one attached hydrogen (secondary N) is 1. The van der Waals surface area contributed by atoms with E-state index in [0.717, 1.165) is 0 Å². The predicted octanol–water partition coefficient (Wildman–Crippen LogP) is 0.903. The lowest BCUT2D eigenvalue weighted by molar-refractivity contribution is -0.141. The first-order valence-corrected chi connectivity index (χ1v) is 6.60. The smallest absolute Gasteiger partial charge is 0.335 e. The Morgan fingerprint density at radius 2 is 2.00 bits per heavy atom. The first kappa shape index (κ1) is 14.9. The van der Waals surface area contributed by atoms with Crippen LogP contribution < -0.4 is 5.32 Å². The Balaban J connectivity index is 2.12. The summed E-state index contributed by atoms with van der Waals surface area (Å²) in [5.74, 6) is -3.08. The summed E-state index contributed by atoms with van der Waals surface area (Å²) in [6.45, 7) is -0.696. The Labute approximate surface area is 122 Å². The monoisotopic (exact) mass is 310 g/mol. The molecule has 1 aromatic carbocycles. The lowest BCUT2D eigenvalue weighted by Crippen LogP contribution is -2.37. The molecule has 0 radical (unpaired) electrons. The van der Waals surface area contributed by atoms with E-state index in [-0.39, 0.29) is 5.56 Å². The third-order valence-corrected chi connectivity index (χ3v) is 3.61. The molecule has 8 nitrogen and oxygen atoms in total. The molecule has 0 bridgehead atoms. The first-order chi connectivity index (χ1) is 9.88. The lowest BCUT2D eigenvalue weighted by Gasteiger charge is -2.13. The molecule has 1 aliphatic heterocycles. The van der Waals surface area contributed by atoms with E-state index in [0.29, 0.717) is 22.3 Å². The molecule has 0 spiro atoms. The molecule has 21 heavy (non-hydrogen) atoms. The molecule has 1 fully saturated rings. The van der Waals surface area contributed by atoms with Crippen LogP contribution in [0, 0.1) is 0 Å². The quantitative estimate of drug-likeness (QED) is 0.733. The van der Waals surface area contributed by atoms with Crippen LogP contribution in [0.25, 0.3) is 0 Å². The van der Waals surface area contributed by atoms with E-state index in [4.69, 9.17) is 10.2 Å². The molecule has 2 rings (SSSR count). The van der Waals surface area contributed by atoms with Gasteiger partial charge in [-0.1, -0.05) is 6.07 Å². The van der Waals surface area contributed by atoms with Crippen LogP contribution in [0.1, 0.15) is 10.4 Å². The second-order valence-corrected chi connectivity index (χ2v) is 5.17. The summed E-state index contributed by atoms with van der Waals surface area (Å²) in [6.07, 6.45) is 0. The van der Waals surface area contributed by atoms with Crippen molar-refractivity contribution in [3.63, 3.8) is 0 Å². The molecule has 1 unspecified atom stereocenters. The van der Waals surface area contributed by atoms with Crippen LogP contribution in [0.3, 0.4) is 0 Å². The number of hydrogen-bond acceptors (Lipinski definition) is 6. The molecular formula is C12H10N2O6S. The third kappa shape index (κ3) is 3.31. The number of amides is 2. The van der Waals surface area contributed by atoms with Gasteiger partial charge in [-0.2, -0.15) is 0 Å². The largest absolute Gasteiger partial charge is 0.480 e. The normalized spacial score (nSPS) is 17.9. The number of carbonyl (C=O) groups excluding carboxylic acids is 2. The minimum Gasteiger partial charge on any atom is -0.480 e. The zero-order valence-electron chi connectivity index (χ0n) is 10.5. The topological polar surface area (TPSA) is 124 Å². The Morgan fingerprint density at radius 1 is 1.29 bits per heavy atom. The molecule has 1 heterocycles. The van der Waals surface area contributed by atoms with Crippen molar-refractivity contribution in [2.75, 3.05) is 11.9 Å². The van der Waals surface area contributed by atoms with Gasteiger partial charge in [0.05, 0.1) is 5.56 Å².